The van der Waals surface area contributed by atoms with Gasteiger partial charge < -0.3 is 13.7 Å². The number of allylic oxidation sites excluding steroid dienone is 1. The van der Waals surface area contributed by atoms with Crippen LogP contribution in [-0.4, -0.2) is 13.7 Å². The molecular formula is C54H41N3. The van der Waals surface area contributed by atoms with Crippen LogP contribution in [0.15, 0.2) is 194 Å². The Morgan fingerprint density at radius 3 is 1.51 bits per heavy atom. The predicted octanol–water partition coefficient (Wildman–Crippen LogP) is 14.6. The summed E-state index contributed by atoms with van der Waals surface area (Å²) < 4.78 is 7.36. The zero-order valence-electron chi connectivity index (χ0n) is 31.9. The van der Waals surface area contributed by atoms with E-state index in [1.54, 1.807) is 0 Å². The van der Waals surface area contributed by atoms with Crippen molar-refractivity contribution in [1.82, 2.24) is 13.7 Å². The molecule has 0 spiro atoms. The third-order valence-corrected chi connectivity index (χ3v) is 11.8. The standard InChI is InChI=1S/C54H41N3/c1-2-3-7-24-42(37-18-8-4-9-19-37)38-29-31-41(32-30-38)57-50-34-33-49-53(44-26-15-17-28-48(44)55(49)39-20-10-5-11-21-39)54(50)46-35-45-43-25-14-16-27-47(43)56(51(45)36-52(46)57)40-22-12-6-13-23-40/h4-6,8-36H,2-3,7H2,1H3/b42-24+. The quantitative estimate of drug-likeness (QED) is 0.138. The van der Waals surface area contributed by atoms with Crippen LogP contribution in [0.3, 0.4) is 0 Å². The van der Waals surface area contributed by atoms with Gasteiger partial charge in [-0.2, -0.15) is 0 Å². The van der Waals surface area contributed by atoms with Crippen LogP contribution in [0.2, 0.25) is 0 Å². The van der Waals surface area contributed by atoms with Crippen molar-refractivity contribution in [3.8, 4) is 17.1 Å². The lowest BCUT2D eigenvalue weighted by atomic mass is 9.96. The molecule has 0 saturated carbocycles. The maximum atomic E-state index is 2.50. The molecule has 11 rings (SSSR count). The molecule has 3 aromatic heterocycles. The molecule has 0 aliphatic carbocycles. The van der Waals surface area contributed by atoms with Crippen LogP contribution < -0.4 is 0 Å². The van der Waals surface area contributed by atoms with Gasteiger partial charge >= 0.3 is 0 Å². The predicted molar refractivity (Wildman–Crippen MR) is 243 cm³/mol. The summed E-state index contributed by atoms with van der Waals surface area (Å²) >= 11 is 0. The minimum atomic E-state index is 1.06. The molecule has 0 aliphatic rings. The van der Waals surface area contributed by atoms with Crippen molar-refractivity contribution in [3.05, 3.63) is 205 Å². The lowest BCUT2D eigenvalue weighted by molar-refractivity contribution is 0.815. The number of fused-ring (bicyclic) bond motifs is 10. The summed E-state index contributed by atoms with van der Waals surface area (Å²) in [5.74, 6) is 0. The van der Waals surface area contributed by atoms with Crippen LogP contribution >= 0.6 is 0 Å². The lowest BCUT2D eigenvalue weighted by Gasteiger charge is -2.13. The molecule has 0 amide bonds. The number of unbranched alkanes of at least 4 members (excludes halogenated alkanes) is 2. The number of para-hydroxylation sites is 4. The van der Waals surface area contributed by atoms with E-state index in [0.29, 0.717) is 0 Å². The highest BCUT2D eigenvalue weighted by Gasteiger charge is 2.23. The summed E-state index contributed by atoms with van der Waals surface area (Å²) in [6.45, 7) is 2.26. The van der Waals surface area contributed by atoms with Crippen molar-refractivity contribution in [3.63, 3.8) is 0 Å². The molecule has 0 atom stereocenters. The van der Waals surface area contributed by atoms with Gasteiger partial charge in [-0.25, -0.2) is 0 Å². The van der Waals surface area contributed by atoms with Gasteiger partial charge in [-0.3, -0.25) is 0 Å². The Labute approximate surface area is 332 Å². The van der Waals surface area contributed by atoms with Crippen molar-refractivity contribution in [2.24, 2.45) is 0 Å². The number of benzene rings is 8. The molecule has 11 aromatic rings. The van der Waals surface area contributed by atoms with Crippen LogP contribution in [0.25, 0.3) is 88.1 Å². The highest BCUT2D eigenvalue weighted by atomic mass is 15.0. The summed E-state index contributed by atoms with van der Waals surface area (Å²) in [5, 5.41) is 7.58. The maximum absolute atomic E-state index is 2.50. The Hall–Kier alpha value is -7.10. The van der Waals surface area contributed by atoms with Gasteiger partial charge in [0.05, 0.1) is 33.1 Å². The lowest BCUT2D eigenvalue weighted by Crippen LogP contribution is -1.97. The van der Waals surface area contributed by atoms with Crippen LogP contribution in [0, 0.1) is 0 Å². The van der Waals surface area contributed by atoms with Gasteiger partial charge in [-0.05, 0) is 95.9 Å². The van der Waals surface area contributed by atoms with E-state index in [2.05, 4.69) is 215 Å². The van der Waals surface area contributed by atoms with E-state index in [-0.39, 0.29) is 0 Å². The van der Waals surface area contributed by atoms with Gasteiger partial charge in [0.1, 0.15) is 0 Å². The third kappa shape index (κ3) is 5.27. The summed E-state index contributed by atoms with van der Waals surface area (Å²) in [6.07, 6.45) is 5.85. The smallest absolute Gasteiger partial charge is 0.0562 e. The topological polar surface area (TPSA) is 14.8 Å². The summed E-state index contributed by atoms with van der Waals surface area (Å²) in [7, 11) is 0. The zero-order valence-corrected chi connectivity index (χ0v) is 31.9. The highest BCUT2D eigenvalue weighted by molar-refractivity contribution is 6.30. The van der Waals surface area contributed by atoms with E-state index >= 15 is 0 Å². The summed E-state index contributed by atoms with van der Waals surface area (Å²) in [6, 6.07) is 69.0. The van der Waals surface area contributed by atoms with Crippen molar-refractivity contribution in [2.45, 2.75) is 26.2 Å². The number of rotatable bonds is 8. The molecule has 0 fully saturated rings. The van der Waals surface area contributed by atoms with E-state index < -0.39 is 0 Å². The monoisotopic (exact) mass is 731 g/mol. The minimum absolute atomic E-state index is 1.06. The second-order valence-electron chi connectivity index (χ2n) is 15.1. The number of nitrogens with zero attached hydrogens (tertiary/aromatic N) is 3. The molecule has 272 valence electrons. The largest absolute Gasteiger partial charge is 0.309 e. The van der Waals surface area contributed by atoms with E-state index in [1.165, 1.54) is 95.0 Å². The Morgan fingerprint density at radius 2 is 0.860 bits per heavy atom. The average molecular weight is 732 g/mol. The maximum Gasteiger partial charge on any atom is 0.0562 e. The molecule has 0 unspecified atom stereocenters. The van der Waals surface area contributed by atoms with Gasteiger partial charge in [-0.1, -0.05) is 141 Å². The molecule has 3 nitrogen and oxygen atoms in total. The highest BCUT2D eigenvalue weighted by Crippen LogP contribution is 2.45. The molecule has 3 heteroatoms. The van der Waals surface area contributed by atoms with E-state index in [1.807, 2.05) is 0 Å². The van der Waals surface area contributed by atoms with E-state index in [0.717, 1.165) is 23.5 Å². The SMILES string of the molecule is CCCC/C=C(\c1ccccc1)c1ccc(-n2c3cc4c(cc3c3c5c6ccccc6n(-c6ccccc6)c5ccc32)c2ccccc2n4-c2ccccc2)cc1. The Balaban J connectivity index is 1.24. The fourth-order valence-corrected chi connectivity index (χ4v) is 9.28. The van der Waals surface area contributed by atoms with Crippen molar-refractivity contribution in [1.29, 1.82) is 0 Å². The molecule has 8 aromatic carbocycles. The third-order valence-electron chi connectivity index (χ3n) is 11.8. The number of hydrogen-bond donors (Lipinski definition) is 0. The van der Waals surface area contributed by atoms with E-state index in [4.69, 9.17) is 0 Å². The molecule has 0 aliphatic heterocycles. The first kappa shape index (κ1) is 33.3. The molecule has 0 bridgehead atoms. The van der Waals surface area contributed by atoms with Gasteiger partial charge in [-0.15, -0.1) is 0 Å². The molecule has 0 N–H and O–H groups in total. The van der Waals surface area contributed by atoms with Crippen LogP contribution in [0.1, 0.15) is 37.3 Å². The van der Waals surface area contributed by atoms with Crippen LogP contribution in [0.4, 0.5) is 0 Å². The number of hydrogen-bond acceptors (Lipinski definition) is 0. The zero-order chi connectivity index (χ0) is 37.9. The Morgan fingerprint density at radius 1 is 0.386 bits per heavy atom. The first-order valence-corrected chi connectivity index (χ1v) is 20.2. The van der Waals surface area contributed by atoms with E-state index in [9.17, 15) is 0 Å². The number of aromatic nitrogens is 3. The van der Waals surface area contributed by atoms with Crippen LogP contribution in [-0.2, 0) is 0 Å². The first-order chi connectivity index (χ1) is 28.3. The molecule has 0 radical (unpaired) electrons. The van der Waals surface area contributed by atoms with Gasteiger partial charge in [0.25, 0.3) is 0 Å². The summed E-state index contributed by atoms with van der Waals surface area (Å²) in [5.41, 5.74) is 14.5. The Kier molecular flexibility index (Phi) is 7.92. The molecule has 3 heterocycles. The van der Waals surface area contributed by atoms with Crippen LogP contribution in [0.5, 0.6) is 0 Å². The average Bonchev–Trinajstić information content (AvgIpc) is 3.90. The summed E-state index contributed by atoms with van der Waals surface area (Å²) in [4.78, 5) is 0. The van der Waals surface area contributed by atoms with Crippen molar-refractivity contribution in [2.75, 3.05) is 0 Å². The fourth-order valence-electron chi connectivity index (χ4n) is 9.28. The minimum Gasteiger partial charge on any atom is -0.309 e. The van der Waals surface area contributed by atoms with Crippen molar-refractivity contribution >= 4 is 71.0 Å². The van der Waals surface area contributed by atoms with Gasteiger partial charge in [0.2, 0.25) is 0 Å². The molecule has 0 saturated heterocycles. The molecular weight excluding hydrogens is 691 g/mol. The second kappa shape index (κ2) is 13.6. The Bertz CT molecular complexity index is 3290. The first-order valence-electron chi connectivity index (χ1n) is 20.2. The van der Waals surface area contributed by atoms with Gasteiger partial charge in [0.15, 0.2) is 0 Å². The van der Waals surface area contributed by atoms with Crippen molar-refractivity contribution < 1.29 is 0 Å². The van der Waals surface area contributed by atoms with Gasteiger partial charge in [0, 0.05) is 49.4 Å². The second-order valence-corrected chi connectivity index (χ2v) is 15.1. The normalized spacial score (nSPS) is 12.3. The fraction of sp³-hybridized carbons (Fsp3) is 0.0741. The molecule has 57 heavy (non-hydrogen) atoms.